The van der Waals surface area contributed by atoms with Crippen molar-refractivity contribution in [2.24, 2.45) is 0 Å². The van der Waals surface area contributed by atoms with Crippen LogP contribution in [0.1, 0.15) is 44.0 Å². The zero-order chi connectivity index (χ0) is 15.1. The lowest BCUT2D eigenvalue weighted by molar-refractivity contribution is 0.585. The molecule has 0 fully saturated rings. The van der Waals surface area contributed by atoms with Gasteiger partial charge in [0.2, 0.25) is 0 Å². The summed E-state index contributed by atoms with van der Waals surface area (Å²) in [5.74, 6) is 1.11. The topological polar surface area (TPSA) is 28.2 Å². The first-order chi connectivity index (χ1) is 9.49. The SMILES string of the molecule is C=CCN(CCC)c1nc(C)cc(C)c1CNC(C)C. The van der Waals surface area contributed by atoms with Crippen molar-refractivity contribution in [3.63, 3.8) is 0 Å². The Kier molecular flexibility index (Phi) is 6.73. The van der Waals surface area contributed by atoms with Crippen molar-refractivity contribution in [2.45, 2.75) is 53.6 Å². The molecule has 0 saturated carbocycles. The van der Waals surface area contributed by atoms with Gasteiger partial charge in [-0.15, -0.1) is 6.58 Å². The number of rotatable bonds is 8. The fourth-order valence-electron chi connectivity index (χ4n) is 2.34. The van der Waals surface area contributed by atoms with Crippen molar-refractivity contribution in [1.29, 1.82) is 0 Å². The molecule has 1 N–H and O–H groups in total. The number of nitrogens with zero attached hydrogens (tertiary/aromatic N) is 2. The van der Waals surface area contributed by atoms with E-state index in [0.717, 1.165) is 37.6 Å². The van der Waals surface area contributed by atoms with Crippen LogP contribution in [0.15, 0.2) is 18.7 Å². The summed E-state index contributed by atoms with van der Waals surface area (Å²) in [6.45, 7) is 17.4. The number of pyridine rings is 1. The first kappa shape index (κ1) is 16.7. The average Bonchev–Trinajstić information content (AvgIpc) is 2.36. The first-order valence-corrected chi connectivity index (χ1v) is 7.55. The van der Waals surface area contributed by atoms with Crippen molar-refractivity contribution >= 4 is 5.82 Å². The Morgan fingerprint density at radius 1 is 1.40 bits per heavy atom. The molecule has 1 aromatic heterocycles. The number of hydrogen-bond acceptors (Lipinski definition) is 3. The highest BCUT2D eigenvalue weighted by molar-refractivity contribution is 5.52. The van der Waals surface area contributed by atoms with E-state index in [1.807, 2.05) is 6.08 Å². The maximum Gasteiger partial charge on any atom is 0.133 e. The molecule has 0 aliphatic carbocycles. The van der Waals surface area contributed by atoms with E-state index in [4.69, 9.17) is 4.98 Å². The quantitative estimate of drug-likeness (QED) is 0.735. The van der Waals surface area contributed by atoms with Crippen molar-refractivity contribution in [1.82, 2.24) is 10.3 Å². The van der Waals surface area contributed by atoms with Crippen molar-refractivity contribution in [3.8, 4) is 0 Å². The summed E-state index contributed by atoms with van der Waals surface area (Å²) in [6, 6.07) is 2.64. The van der Waals surface area contributed by atoms with Crippen LogP contribution < -0.4 is 10.2 Å². The van der Waals surface area contributed by atoms with E-state index < -0.39 is 0 Å². The normalized spacial score (nSPS) is 10.9. The van der Waals surface area contributed by atoms with Gasteiger partial charge in [0.1, 0.15) is 5.82 Å². The van der Waals surface area contributed by atoms with E-state index in [0.29, 0.717) is 6.04 Å². The van der Waals surface area contributed by atoms with Crippen LogP contribution in [-0.4, -0.2) is 24.1 Å². The second kappa shape index (κ2) is 8.05. The molecule has 3 nitrogen and oxygen atoms in total. The van der Waals surface area contributed by atoms with Gasteiger partial charge >= 0.3 is 0 Å². The molecule has 0 amide bonds. The zero-order valence-corrected chi connectivity index (χ0v) is 13.7. The molecular weight excluding hydrogens is 246 g/mol. The van der Waals surface area contributed by atoms with Crippen LogP contribution in [-0.2, 0) is 6.54 Å². The highest BCUT2D eigenvalue weighted by Gasteiger charge is 2.14. The third kappa shape index (κ3) is 4.64. The highest BCUT2D eigenvalue weighted by atomic mass is 15.2. The molecule has 0 unspecified atom stereocenters. The van der Waals surface area contributed by atoms with E-state index in [9.17, 15) is 0 Å². The number of hydrogen-bond donors (Lipinski definition) is 1. The minimum Gasteiger partial charge on any atom is -0.353 e. The fourth-order valence-corrected chi connectivity index (χ4v) is 2.34. The molecule has 1 rings (SSSR count). The maximum absolute atomic E-state index is 4.79. The number of anilines is 1. The Hall–Kier alpha value is -1.35. The van der Waals surface area contributed by atoms with Gasteiger partial charge in [0, 0.05) is 36.9 Å². The third-order valence-electron chi connectivity index (χ3n) is 3.28. The zero-order valence-electron chi connectivity index (χ0n) is 13.7. The Balaban J connectivity index is 3.15. The van der Waals surface area contributed by atoms with Gasteiger partial charge in [-0.1, -0.05) is 26.8 Å². The number of aromatic nitrogens is 1. The minimum atomic E-state index is 0.475. The average molecular weight is 275 g/mol. The third-order valence-corrected chi connectivity index (χ3v) is 3.28. The Morgan fingerprint density at radius 2 is 2.10 bits per heavy atom. The first-order valence-electron chi connectivity index (χ1n) is 7.55. The van der Waals surface area contributed by atoms with Crippen molar-refractivity contribution < 1.29 is 0 Å². The standard InChI is InChI=1S/C17H29N3/c1-7-9-20(10-8-2)17-16(12-18-13(3)4)14(5)11-15(6)19-17/h7,11,13,18H,1,8-10,12H2,2-6H3. The van der Waals surface area contributed by atoms with Crippen LogP contribution in [0.4, 0.5) is 5.82 Å². The van der Waals surface area contributed by atoms with E-state index in [-0.39, 0.29) is 0 Å². The summed E-state index contributed by atoms with van der Waals surface area (Å²) in [6.07, 6.45) is 3.06. The Bertz CT molecular complexity index is 438. The van der Waals surface area contributed by atoms with Crippen LogP contribution in [0, 0.1) is 13.8 Å². The molecule has 0 aliphatic rings. The molecule has 0 atom stereocenters. The molecule has 0 radical (unpaired) electrons. The largest absolute Gasteiger partial charge is 0.353 e. The van der Waals surface area contributed by atoms with Gasteiger partial charge in [0.05, 0.1) is 0 Å². The molecule has 0 spiro atoms. The minimum absolute atomic E-state index is 0.475. The molecule has 0 saturated heterocycles. The molecule has 1 aromatic rings. The maximum atomic E-state index is 4.79. The van der Waals surface area contributed by atoms with Crippen LogP contribution >= 0.6 is 0 Å². The molecular formula is C17H29N3. The Labute approximate surface area is 124 Å². The van der Waals surface area contributed by atoms with Crippen molar-refractivity contribution in [2.75, 3.05) is 18.0 Å². The summed E-state index contributed by atoms with van der Waals surface area (Å²) in [4.78, 5) is 7.11. The lowest BCUT2D eigenvalue weighted by Gasteiger charge is -2.26. The second-order valence-electron chi connectivity index (χ2n) is 5.65. The highest BCUT2D eigenvalue weighted by Crippen LogP contribution is 2.23. The lowest BCUT2D eigenvalue weighted by atomic mass is 10.1. The van der Waals surface area contributed by atoms with Crippen molar-refractivity contribution in [3.05, 3.63) is 35.5 Å². The van der Waals surface area contributed by atoms with Gasteiger partial charge in [0.25, 0.3) is 0 Å². The fraction of sp³-hybridized carbons (Fsp3) is 0.588. The van der Waals surface area contributed by atoms with E-state index in [2.05, 4.69) is 57.5 Å². The van der Waals surface area contributed by atoms with Crippen LogP contribution in [0.2, 0.25) is 0 Å². The molecule has 3 heteroatoms. The molecule has 0 aromatic carbocycles. The van der Waals surface area contributed by atoms with Gasteiger partial charge in [-0.05, 0) is 31.9 Å². The number of aryl methyl sites for hydroxylation is 2. The predicted octanol–water partition coefficient (Wildman–Crippen LogP) is 3.60. The molecule has 0 bridgehead atoms. The van der Waals surface area contributed by atoms with Gasteiger partial charge < -0.3 is 10.2 Å². The van der Waals surface area contributed by atoms with Gasteiger partial charge in [0.15, 0.2) is 0 Å². The molecule has 20 heavy (non-hydrogen) atoms. The molecule has 1 heterocycles. The lowest BCUT2D eigenvalue weighted by Crippen LogP contribution is -2.29. The van der Waals surface area contributed by atoms with E-state index in [1.165, 1.54) is 11.1 Å². The van der Waals surface area contributed by atoms with Crippen LogP contribution in [0.5, 0.6) is 0 Å². The summed E-state index contributed by atoms with van der Waals surface area (Å²) in [7, 11) is 0. The van der Waals surface area contributed by atoms with Crippen LogP contribution in [0.3, 0.4) is 0 Å². The van der Waals surface area contributed by atoms with Gasteiger partial charge in [-0.2, -0.15) is 0 Å². The van der Waals surface area contributed by atoms with Gasteiger partial charge in [-0.25, -0.2) is 4.98 Å². The molecule has 112 valence electrons. The Morgan fingerprint density at radius 3 is 2.65 bits per heavy atom. The second-order valence-corrected chi connectivity index (χ2v) is 5.65. The summed E-state index contributed by atoms with van der Waals surface area (Å²) < 4.78 is 0. The predicted molar refractivity (Wildman–Crippen MR) is 88.4 cm³/mol. The monoisotopic (exact) mass is 275 g/mol. The summed E-state index contributed by atoms with van der Waals surface area (Å²) in [5, 5.41) is 3.51. The van der Waals surface area contributed by atoms with Crippen LogP contribution in [0.25, 0.3) is 0 Å². The van der Waals surface area contributed by atoms with E-state index in [1.54, 1.807) is 0 Å². The van der Waals surface area contributed by atoms with Gasteiger partial charge in [-0.3, -0.25) is 0 Å². The molecule has 0 aliphatic heterocycles. The summed E-state index contributed by atoms with van der Waals surface area (Å²) >= 11 is 0. The summed E-state index contributed by atoms with van der Waals surface area (Å²) in [5.41, 5.74) is 3.70. The number of nitrogens with one attached hydrogen (secondary N) is 1. The van der Waals surface area contributed by atoms with E-state index >= 15 is 0 Å². The smallest absolute Gasteiger partial charge is 0.133 e.